The van der Waals surface area contributed by atoms with Crippen molar-refractivity contribution < 1.29 is 46.2 Å². The van der Waals surface area contributed by atoms with E-state index in [2.05, 4.69) is 18.9 Å². The van der Waals surface area contributed by atoms with Gasteiger partial charge in [-0.2, -0.15) is 0 Å². The molecule has 0 unspecified atom stereocenters. The van der Waals surface area contributed by atoms with Gasteiger partial charge < -0.3 is 29.2 Å². The molecule has 0 aliphatic rings. The van der Waals surface area contributed by atoms with E-state index in [1.807, 2.05) is 0 Å². The number of rotatable bonds is 4. The van der Waals surface area contributed by atoms with Crippen LogP contribution < -0.4 is 0 Å². The Kier molecular flexibility index (Phi) is 13.1. The van der Waals surface area contributed by atoms with Gasteiger partial charge in [0, 0.05) is 59.4 Å². The molecule has 0 aliphatic heterocycles. The van der Waals surface area contributed by atoms with E-state index < -0.39 is 11.9 Å². The average molecular weight is 276 g/mol. The van der Waals surface area contributed by atoms with Crippen molar-refractivity contribution in [1.29, 1.82) is 0 Å². The fourth-order valence-corrected chi connectivity index (χ4v) is 0.167. The third-order valence-corrected chi connectivity index (χ3v) is 1.51. The van der Waals surface area contributed by atoms with Gasteiger partial charge in [-0.05, 0) is 0 Å². The monoisotopic (exact) mass is 275 g/mol. The summed E-state index contributed by atoms with van der Waals surface area (Å²) < 4.78 is 17.7. The zero-order valence-corrected chi connectivity index (χ0v) is 10.8. The van der Waals surface area contributed by atoms with Crippen LogP contribution in [0.25, 0.3) is 0 Å². The summed E-state index contributed by atoms with van der Waals surface area (Å²) in [5.41, 5.74) is 0. The molecule has 0 aromatic heterocycles. The van der Waals surface area contributed by atoms with Gasteiger partial charge in [-0.15, -0.1) is 0 Å². The topological polar surface area (TPSA) is 77.4 Å². The molecule has 0 amide bonds. The fraction of sp³-hybridized carbons (Fsp3) is 1.00. The molecule has 0 fully saturated rings. The molecule has 0 aliphatic carbocycles. The maximum Gasteiger partial charge on any atom is 0.276 e. The van der Waals surface area contributed by atoms with E-state index in [0.29, 0.717) is 0 Å². The molecule has 99 valence electrons. The van der Waals surface area contributed by atoms with Crippen molar-refractivity contribution in [2.75, 3.05) is 28.4 Å². The second kappa shape index (κ2) is 9.50. The summed E-state index contributed by atoms with van der Waals surface area (Å²) in [6.07, 6.45) is 0. The predicted molar refractivity (Wildman–Crippen MR) is 49.3 cm³/mol. The third kappa shape index (κ3) is 14.3. The van der Waals surface area contributed by atoms with Crippen molar-refractivity contribution in [1.82, 2.24) is 0 Å². The van der Waals surface area contributed by atoms with Crippen LogP contribution in [0.15, 0.2) is 0 Å². The summed E-state index contributed by atoms with van der Waals surface area (Å²) >= 11 is 0. The van der Waals surface area contributed by atoms with Crippen LogP contribution in [0.1, 0.15) is 13.8 Å². The Hall–Kier alpha value is 0.279. The van der Waals surface area contributed by atoms with E-state index in [9.17, 15) is 0 Å². The summed E-state index contributed by atoms with van der Waals surface area (Å²) in [5, 5.41) is 17.4. The molecule has 0 rings (SSSR count). The first-order valence-electron chi connectivity index (χ1n) is 3.90. The Morgan fingerprint density at radius 2 is 0.800 bits per heavy atom. The van der Waals surface area contributed by atoms with Gasteiger partial charge in [0.05, 0.1) is 0 Å². The average Bonchev–Trinajstić information content (AvgIpc) is 2.19. The number of ether oxygens (including phenoxy) is 4. The van der Waals surface area contributed by atoms with Gasteiger partial charge in [0.1, 0.15) is 0 Å². The molecule has 0 aromatic carbocycles. The smallest absolute Gasteiger partial charge is 0.276 e. The van der Waals surface area contributed by atoms with Crippen LogP contribution in [-0.4, -0.2) is 50.6 Å². The molecule has 0 bridgehead atoms. The predicted octanol–water partition coefficient (Wildman–Crippen LogP) is -0.112. The Bertz CT molecular complexity index is 111. The summed E-state index contributed by atoms with van der Waals surface area (Å²) in [4.78, 5) is 0. The summed E-state index contributed by atoms with van der Waals surface area (Å²) in [5.74, 6) is -2.83. The second-order valence-corrected chi connectivity index (χ2v) is 2.61. The standard InChI is InChI=1S/2C4H10O3.Cu/c2*1-4(5,6-2)7-3;/h2*5H,1-3H3;. The van der Waals surface area contributed by atoms with E-state index in [0.717, 1.165) is 0 Å². The molecule has 7 heteroatoms. The Morgan fingerprint density at radius 1 is 0.667 bits per heavy atom. The van der Waals surface area contributed by atoms with Crippen LogP contribution in [0.5, 0.6) is 0 Å². The third-order valence-electron chi connectivity index (χ3n) is 1.51. The first-order valence-corrected chi connectivity index (χ1v) is 3.90. The van der Waals surface area contributed by atoms with Crippen LogP contribution in [0.2, 0.25) is 0 Å². The minimum atomic E-state index is -1.42. The molecule has 1 radical (unpaired) electrons. The second-order valence-electron chi connectivity index (χ2n) is 2.61. The number of aliphatic hydroxyl groups is 2. The summed E-state index contributed by atoms with van der Waals surface area (Å²) in [6.45, 7) is 2.82. The van der Waals surface area contributed by atoms with Crippen LogP contribution in [-0.2, 0) is 36.0 Å². The van der Waals surface area contributed by atoms with Gasteiger partial charge in [-0.1, -0.05) is 0 Å². The molecule has 6 nitrogen and oxygen atoms in total. The molecular weight excluding hydrogens is 256 g/mol. The first kappa shape index (κ1) is 20.7. The molecule has 15 heavy (non-hydrogen) atoms. The minimum absolute atomic E-state index is 0. The SMILES string of the molecule is COC(C)(O)OC.COC(C)(O)OC.[Cu]. The van der Waals surface area contributed by atoms with Crippen LogP contribution >= 0.6 is 0 Å². The Morgan fingerprint density at radius 3 is 0.800 bits per heavy atom. The van der Waals surface area contributed by atoms with Crippen molar-refractivity contribution >= 4 is 0 Å². The van der Waals surface area contributed by atoms with Crippen LogP contribution in [0.3, 0.4) is 0 Å². The van der Waals surface area contributed by atoms with Crippen molar-refractivity contribution in [3.8, 4) is 0 Å². The number of hydrogen-bond acceptors (Lipinski definition) is 6. The molecule has 0 atom stereocenters. The molecular formula is C8H20CuO6. The normalized spacial score (nSPS) is 11.2. The minimum Gasteiger partial charge on any atom is -0.344 e. The zero-order valence-electron chi connectivity index (χ0n) is 9.83. The largest absolute Gasteiger partial charge is 0.344 e. The van der Waals surface area contributed by atoms with Crippen molar-refractivity contribution in [3.05, 3.63) is 0 Å². The quantitative estimate of drug-likeness (QED) is 0.551. The van der Waals surface area contributed by atoms with Gasteiger partial charge in [-0.3, -0.25) is 0 Å². The molecule has 0 heterocycles. The van der Waals surface area contributed by atoms with E-state index in [1.165, 1.54) is 42.3 Å². The van der Waals surface area contributed by atoms with Gasteiger partial charge in [0.15, 0.2) is 0 Å². The molecule has 0 saturated carbocycles. The van der Waals surface area contributed by atoms with Crippen molar-refractivity contribution in [3.63, 3.8) is 0 Å². The van der Waals surface area contributed by atoms with E-state index >= 15 is 0 Å². The van der Waals surface area contributed by atoms with Crippen molar-refractivity contribution in [2.24, 2.45) is 0 Å². The Labute approximate surface area is 101 Å². The van der Waals surface area contributed by atoms with Crippen LogP contribution in [0.4, 0.5) is 0 Å². The maximum absolute atomic E-state index is 8.69. The van der Waals surface area contributed by atoms with Crippen LogP contribution in [0, 0.1) is 0 Å². The summed E-state index contributed by atoms with van der Waals surface area (Å²) in [6, 6.07) is 0. The van der Waals surface area contributed by atoms with Gasteiger partial charge >= 0.3 is 0 Å². The summed E-state index contributed by atoms with van der Waals surface area (Å²) in [7, 11) is 5.46. The maximum atomic E-state index is 8.69. The molecule has 0 spiro atoms. The molecule has 0 saturated heterocycles. The molecule has 2 N–H and O–H groups in total. The first-order chi connectivity index (χ1) is 6.24. The van der Waals surface area contributed by atoms with Gasteiger partial charge in [-0.25, -0.2) is 0 Å². The van der Waals surface area contributed by atoms with E-state index in [-0.39, 0.29) is 17.1 Å². The van der Waals surface area contributed by atoms with Gasteiger partial charge in [0.25, 0.3) is 11.9 Å². The van der Waals surface area contributed by atoms with E-state index in [1.54, 1.807) is 0 Å². The van der Waals surface area contributed by atoms with Gasteiger partial charge in [0.2, 0.25) is 0 Å². The fourth-order valence-electron chi connectivity index (χ4n) is 0.167. The van der Waals surface area contributed by atoms with E-state index in [4.69, 9.17) is 10.2 Å². The molecule has 0 aromatic rings. The zero-order chi connectivity index (χ0) is 11.8. The van der Waals surface area contributed by atoms with Crippen molar-refractivity contribution in [2.45, 2.75) is 25.8 Å². The number of hydrogen-bond donors (Lipinski definition) is 2. The number of methoxy groups -OCH3 is 4. The Balaban J connectivity index is -0.000000180.